The lowest BCUT2D eigenvalue weighted by Crippen LogP contribution is -2.23. The van der Waals surface area contributed by atoms with Gasteiger partial charge in [-0.25, -0.2) is 0 Å². The number of rotatable bonds is 6. The van der Waals surface area contributed by atoms with Crippen LogP contribution in [0.2, 0.25) is 0 Å². The second-order valence-corrected chi connectivity index (χ2v) is 3.64. The standard InChI is InChI=1S/C13H21NO3/c1-9(14-2)6-10-7-11(15-3)13(17-5)12(8-10)16-4/h7-9,14H,6H2,1-5H3/i5D3,9D. The van der Waals surface area contributed by atoms with Gasteiger partial charge in [0.15, 0.2) is 11.5 Å². The molecule has 0 aliphatic heterocycles. The molecule has 17 heavy (non-hydrogen) atoms. The van der Waals surface area contributed by atoms with E-state index in [0.29, 0.717) is 6.42 Å². The number of nitrogens with one attached hydrogen (secondary N) is 1. The normalized spacial score (nSPS) is 18.1. The van der Waals surface area contributed by atoms with Crippen LogP contribution in [0.1, 0.15) is 18.0 Å². The van der Waals surface area contributed by atoms with Gasteiger partial charge in [-0.15, -0.1) is 0 Å². The van der Waals surface area contributed by atoms with Gasteiger partial charge in [0.25, 0.3) is 0 Å². The van der Waals surface area contributed by atoms with Crippen LogP contribution in [0.3, 0.4) is 0 Å². The molecule has 1 aromatic carbocycles. The van der Waals surface area contributed by atoms with Gasteiger partial charge in [0, 0.05) is 7.39 Å². The van der Waals surface area contributed by atoms with Crippen molar-refractivity contribution in [3.05, 3.63) is 17.7 Å². The minimum Gasteiger partial charge on any atom is -0.493 e. The van der Waals surface area contributed by atoms with Gasteiger partial charge in [-0.3, -0.25) is 0 Å². The molecule has 0 bridgehead atoms. The monoisotopic (exact) mass is 243 g/mol. The summed E-state index contributed by atoms with van der Waals surface area (Å²) in [4.78, 5) is 0. The Bertz CT molecular complexity index is 464. The van der Waals surface area contributed by atoms with Crippen molar-refractivity contribution in [3.8, 4) is 17.2 Å². The largest absolute Gasteiger partial charge is 0.493 e. The number of benzene rings is 1. The van der Waals surface area contributed by atoms with Gasteiger partial charge in [-0.1, -0.05) is 0 Å². The molecule has 0 aromatic heterocycles. The zero-order valence-electron chi connectivity index (χ0n) is 14.6. The molecule has 0 spiro atoms. The molecule has 1 rings (SSSR count). The highest BCUT2D eigenvalue weighted by atomic mass is 16.5. The van der Waals surface area contributed by atoms with Crippen LogP contribution in [0, 0.1) is 0 Å². The second kappa shape index (κ2) is 6.35. The van der Waals surface area contributed by atoms with E-state index in [1.165, 1.54) is 14.2 Å². The van der Waals surface area contributed by atoms with E-state index in [-0.39, 0.29) is 17.2 Å². The lowest BCUT2D eigenvalue weighted by Gasteiger charge is -2.16. The lowest BCUT2D eigenvalue weighted by molar-refractivity contribution is 0.323. The number of hydrogen-bond acceptors (Lipinski definition) is 4. The van der Waals surface area contributed by atoms with Crippen LogP contribution < -0.4 is 19.5 Å². The van der Waals surface area contributed by atoms with Crippen LogP contribution in [0.4, 0.5) is 0 Å². The quantitative estimate of drug-likeness (QED) is 0.828. The average Bonchev–Trinajstić information content (AvgIpc) is 2.38. The lowest BCUT2D eigenvalue weighted by atomic mass is 10.1. The zero-order chi connectivity index (χ0) is 16.3. The van der Waals surface area contributed by atoms with Crippen LogP contribution in [0.15, 0.2) is 12.1 Å². The van der Waals surface area contributed by atoms with E-state index in [4.69, 9.17) is 19.7 Å². The van der Waals surface area contributed by atoms with E-state index in [1.54, 1.807) is 26.1 Å². The van der Waals surface area contributed by atoms with Crippen molar-refractivity contribution in [1.29, 1.82) is 0 Å². The maximum Gasteiger partial charge on any atom is 0.203 e. The summed E-state index contributed by atoms with van der Waals surface area (Å²) < 4.78 is 45.0. The highest BCUT2D eigenvalue weighted by Gasteiger charge is 2.13. The SMILES string of the molecule is [2H]C(C)(Cc1cc(OC)c(OC([2H])([2H])[2H])c(OC)c1)NC. The van der Waals surface area contributed by atoms with Crippen molar-refractivity contribution in [2.75, 3.05) is 28.3 Å². The molecule has 1 N–H and O–H groups in total. The summed E-state index contributed by atoms with van der Waals surface area (Å²) in [6.07, 6.45) is 0.393. The fourth-order valence-electron chi connectivity index (χ4n) is 1.53. The highest BCUT2D eigenvalue weighted by molar-refractivity contribution is 5.53. The van der Waals surface area contributed by atoms with Gasteiger partial charge in [-0.05, 0) is 38.1 Å². The molecule has 0 heterocycles. The first kappa shape index (κ1) is 8.64. The highest BCUT2D eigenvalue weighted by Crippen LogP contribution is 2.38. The molecule has 4 nitrogen and oxygen atoms in total. The third-order valence-electron chi connectivity index (χ3n) is 2.52. The van der Waals surface area contributed by atoms with Gasteiger partial charge in [-0.2, -0.15) is 0 Å². The third kappa shape index (κ3) is 3.27. The Balaban J connectivity index is 3.23. The minimum atomic E-state index is -2.60. The van der Waals surface area contributed by atoms with Crippen LogP contribution in [0.25, 0.3) is 0 Å². The summed E-state index contributed by atoms with van der Waals surface area (Å²) in [5.41, 5.74) is 0.772. The molecule has 1 atom stereocenters. The molecule has 1 unspecified atom stereocenters. The van der Waals surface area contributed by atoms with Gasteiger partial charge in [0.1, 0.15) is 0 Å². The van der Waals surface area contributed by atoms with Gasteiger partial charge in [0.2, 0.25) is 5.75 Å². The first-order valence-corrected chi connectivity index (χ1v) is 5.24. The molecule has 1 aromatic rings. The predicted molar refractivity (Wildman–Crippen MR) is 68.3 cm³/mol. The van der Waals surface area contributed by atoms with Crippen molar-refractivity contribution in [1.82, 2.24) is 5.32 Å². The number of hydrogen-bond donors (Lipinski definition) is 1. The molecular weight excluding hydrogens is 218 g/mol. The predicted octanol–water partition coefficient (Wildman–Crippen LogP) is 1.86. The van der Waals surface area contributed by atoms with Crippen LogP contribution in [0.5, 0.6) is 17.2 Å². The molecule has 0 fully saturated rings. The van der Waals surface area contributed by atoms with Crippen LogP contribution >= 0.6 is 0 Å². The zero-order valence-corrected chi connectivity index (χ0v) is 10.6. The average molecular weight is 243 g/mol. The summed E-state index contributed by atoms with van der Waals surface area (Å²) in [7, 11) is 1.94. The van der Waals surface area contributed by atoms with Crippen LogP contribution in [-0.4, -0.2) is 34.3 Å². The van der Waals surface area contributed by atoms with Gasteiger partial charge >= 0.3 is 0 Å². The first-order chi connectivity index (χ1) is 9.61. The Morgan fingerprint density at radius 1 is 1.29 bits per heavy atom. The molecule has 0 amide bonds. The number of ether oxygens (including phenoxy) is 3. The molecule has 0 radical (unpaired) electrons. The summed E-state index contributed by atoms with van der Waals surface area (Å²) in [6.45, 7) is 1.73. The summed E-state index contributed by atoms with van der Waals surface area (Å²) in [5.74, 6) is 0.541. The fourth-order valence-corrected chi connectivity index (χ4v) is 1.53. The Morgan fingerprint density at radius 3 is 2.29 bits per heavy atom. The Hall–Kier alpha value is -1.42. The molecule has 0 saturated carbocycles. The second-order valence-electron chi connectivity index (χ2n) is 3.64. The van der Waals surface area contributed by atoms with Crippen molar-refractivity contribution in [2.45, 2.75) is 19.4 Å². The number of likely N-dealkylation sites (N-methyl/N-ethyl adjacent to an activating group) is 1. The van der Waals surface area contributed by atoms with E-state index < -0.39 is 13.1 Å². The van der Waals surface area contributed by atoms with E-state index >= 15 is 0 Å². The van der Waals surface area contributed by atoms with Crippen molar-refractivity contribution >= 4 is 0 Å². The maximum absolute atomic E-state index is 8.05. The topological polar surface area (TPSA) is 39.7 Å². The Labute approximate surface area is 108 Å². The third-order valence-corrected chi connectivity index (χ3v) is 2.52. The first-order valence-electron chi connectivity index (χ1n) is 7.24. The molecule has 0 aliphatic rings. The Morgan fingerprint density at radius 2 is 1.88 bits per heavy atom. The van der Waals surface area contributed by atoms with Crippen molar-refractivity contribution in [3.63, 3.8) is 0 Å². The molecule has 0 saturated heterocycles. The fraction of sp³-hybridized carbons (Fsp3) is 0.538. The van der Waals surface area contributed by atoms with Crippen molar-refractivity contribution in [2.24, 2.45) is 0 Å². The van der Waals surface area contributed by atoms with Crippen molar-refractivity contribution < 1.29 is 19.7 Å². The van der Waals surface area contributed by atoms with E-state index in [0.717, 1.165) is 5.56 Å². The maximum atomic E-state index is 8.05. The van der Waals surface area contributed by atoms with Crippen LogP contribution in [-0.2, 0) is 6.42 Å². The van der Waals surface area contributed by atoms with Gasteiger partial charge < -0.3 is 19.5 Å². The van der Waals surface area contributed by atoms with Gasteiger partial charge in [0.05, 0.1) is 25.4 Å². The Kier molecular flexibility index (Phi) is 3.23. The minimum absolute atomic E-state index is 0.0277. The molecule has 0 aliphatic carbocycles. The summed E-state index contributed by atoms with van der Waals surface area (Å²) >= 11 is 0. The van der Waals surface area contributed by atoms with E-state index in [1.807, 2.05) is 0 Å². The smallest absolute Gasteiger partial charge is 0.203 e. The molecule has 4 heteroatoms. The summed E-state index contributed by atoms with van der Waals surface area (Å²) in [6, 6.07) is 2.43. The summed E-state index contributed by atoms with van der Waals surface area (Å²) in [5, 5.41) is 2.88. The number of methoxy groups -OCH3 is 3. The molecular formula is C13H21NO3. The molecule has 96 valence electrons. The van der Waals surface area contributed by atoms with E-state index in [2.05, 4.69) is 5.32 Å². The van der Waals surface area contributed by atoms with E-state index in [9.17, 15) is 0 Å².